The fourth-order valence-electron chi connectivity index (χ4n) is 3.02. The molecule has 0 unspecified atom stereocenters. The number of carbonyl (C=O) groups is 1. The monoisotopic (exact) mass is 399 g/mol. The van der Waals surface area contributed by atoms with Crippen molar-refractivity contribution in [3.8, 4) is 28.4 Å². The first kappa shape index (κ1) is 19.0. The Kier molecular flexibility index (Phi) is 5.04. The van der Waals surface area contributed by atoms with Gasteiger partial charge in [0.05, 0.1) is 30.8 Å². The van der Waals surface area contributed by atoms with E-state index in [1.54, 1.807) is 30.5 Å². The van der Waals surface area contributed by atoms with Gasteiger partial charge in [0, 0.05) is 22.9 Å². The van der Waals surface area contributed by atoms with Gasteiger partial charge in [-0.1, -0.05) is 30.3 Å². The molecule has 3 N–H and O–H groups in total. The number of nitrogens with zero attached hydrogens (tertiary/aromatic N) is 4. The van der Waals surface area contributed by atoms with E-state index < -0.39 is 5.91 Å². The zero-order valence-corrected chi connectivity index (χ0v) is 15.8. The third-order valence-electron chi connectivity index (χ3n) is 4.49. The van der Waals surface area contributed by atoms with E-state index in [9.17, 15) is 14.7 Å². The molecular weight excluding hydrogens is 382 g/mol. The van der Waals surface area contributed by atoms with Crippen molar-refractivity contribution in [3.05, 3.63) is 94.8 Å². The third-order valence-corrected chi connectivity index (χ3v) is 4.49. The van der Waals surface area contributed by atoms with Gasteiger partial charge >= 0.3 is 0 Å². The summed E-state index contributed by atoms with van der Waals surface area (Å²) in [4.78, 5) is 36.2. The lowest BCUT2D eigenvalue weighted by Gasteiger charge is -2.10. The van der Waals surface area contributed by atoms with Crippen LogP contribution in [0.1, 0.15) is 15.9 Å². The lowest BCUT2D eigenvalue weighted by molar-refractivity contribution is 0.100. The number of rotatable bonds is 5. The maximum absolute atomic E-state index is 12.3. The van der Waals surface area contributed by atoms with Crippen molar-refractivity contribution in [2.45, 2.75) is 6.54 Å². The summed E-state index contributed by atoms with van der Waals surface area (Å²) >= 11 is 0. The predicted octanol–water partition coefficient (Wildman–Crippen LogP) is 2.22. The molecule has 0 fully saturated rings. The van der Waals surface area contributed by atoms with Crippen LogP contribution >= 0.6 is 0 Å². The van der Waals surface area contributed by atoms with Gasteiger partial charge in [-0.25, -0.2) is 15.0 Å². The molecule has 2 aromatic heterocycles. The minimum Gasteiger partial charge on any atom is -0.505 e. The van der Waals surface area contributed by atoms with Crippen LogP contribution in [0.2, 0.25) is 0 Å². The van der Waals surface area contributed by atoms with Crippen LogP contribution in [-0.2, 0) is 6.54 Å². The Morgan fingerprint density at radius 1 is 0.967 bits per heavy atom. The Morgan fingerprint density at radius 3 is 2.47 bits per heavy atom. The number of hydrogen-bond acceptors (Lipinski definition) is 6. The Hall–Kier alpha value is -4.33. The van der Waals surface area contributed by atoms with E-state index >= 15 is 0 Å². The first-order valence-electron chi connectivity index (χ1n) is 9.06. The summed E-state index contributed by atoms with van der Waals surface area (Å²) in [5, 5.41) is 9.36. The Balaban J connectivity index is 1.66. The largest absolute Gasteiger partial charge is 0.505 e. The summed E-state index contributed by atoms with van der Waals surface area (Å²) in [6.07, 6.45) is 5.55. The second kappa shape index (κ2) is 7.96. The van der Waals surface area contributed by atoms with Crippen LogP contribution in [-0.4, -0.2) is 30.5 Å². The van der Waals surface area contributed by atoms with Gasteiger partial charge in [-0.15, -0.1) is 0 Å². The highest BCUT2D eigenvalue weighted by Crippen LogP contribution is 2.20. The molecule has 0 spiro atoms. The van der Waals surface area contributed by atoms with E-state index in [1.165, 1.54) is 23.2 Å². The highest BCUT2D eigenvalue weighted by atomic mass is 16.3. The van der Waals surface area contributed by atoms with Crippen LogP contribution in [0.4, 0.5) is 0 Å². The number of hydrogen-bond donors (Lipinski definition) is 2. The summed E-state index contributed by atoms with van der Waals surface area (Å²) in [7, 11) is 0. The van der Waals surface area contributed by atoms with Crippen LogP contribution in [0.15, 0.2) is 78.1 Å². The molecule has 0 saturated carbocycles. The molecule has 0 aliphatic rings. The highest BCUT2D eigenvalue weighted by molar-refractivity contribution is 5.93. The molecule has 0 aliphatic heterocycles. The molecule has 0 aliphatic carbocycles. The summed E-state index contributed by atoms with van der Waals surface area (Å²) in [5.41, 5.74) is 8.34. The van der Waals surface area contributed by atoms with Crippen LogP contribution in [0.5, 0.6) is 5.75 Å². The van der Waals surface area contributed by atoms with Gasteiger partial charge < -0.3 is 15.4 Å². The summed E-state index contributed by atoms with van der Waals surface area (Å²) in [6.45, 7) is 0.315. The number of amides is 1. The van der Waals surface area contributed by atoms with Crippen molar-refractivity contribution in [1.29, 1.82) is 0 Å². The van der Waals surface area contributed by atoms with Gasteiger partial charge in [0.15, 0.2) is 11.6 Å². The fourth-order valence-corrected chi connectivity index (χ4v) is 3.02. The molecule has 148 valence electrons. The molecule has 30 heavy (non-hydrogen) atoms. The molecule has 8 nitrogen and oxygen atoms in total. The number of aromatic hydroxyl groups is 1. The Bertz CT molecular complexity index is 1280. The van der Waals surface area contributed by atoms with Crippen molar-refractivity contribution in [2.75, 3.05) is 0 Å². The number of aromatic nitrogens is 4. The van der Waals surface area contributed by atoms with E-state index in [0.29, 0.717) is 29.2 Å². The van der Waals surface area contributed by atoms with Gasteiger partial charge in [0.2, 0.25) is 5.91 Å². The summed E-state index contributed by atoms with van der Waals surface area (Å²) < 4.78 is 1.54. The molecule has 1 amide bonds. The minimum atomic E-state index is -0.529. The molecule has 0 saturated heterocycles. The SMILES string of the molecule is NC(=O)c1cccc(-c2cn(Cc3cccc(-c4ncc(O)cn4)c3)c(=O)cn2)c1. The lowest BCUT2D eigenvalue weighted by atomic mass is 10.1. The van der Waals surface area contributed by atoms with Crippen LogP contribution in [0.25, 0.3) is 22.6 Å². The second-order valence-electron chi connectivity index (χ2n) is 6.65. The molecular formula is C22H17N5O3. The van der Waals surface area contributed by atoms with Crippen molar-refractivity contribution in [3.63, 3.8) is 0 Å². The number of primary amides is 1. The lowest BCUT2D eigenvalue weighted by Crippen LogP contribution is -2.20. The average Bonchev–Trinajstić information content (AvgIpc) is 2.76. The van der Waals surface area contributed by atoms with E-state index in [0.717, 1.165) is 11.1 Å². The molecule has 8 heteroatoms. The van der Waals surface area contributed by atoms with Crippen molar-refractivity contribution >= 4 is 5.91 Å². The first-order chi connectivity index (χ1) is 14.5. The highest BCUT2D eigenvalue weighted by Gasteiger charge is 2.08. The standard InChI is InChI=1S/C22H17N5O3/c23-21(30)16-5-2-4-15(8-16)19-13-27(20(29)11-24-19)12-14-3-1-6-17(7-14)22-25-9-18(28)10-26-22/h1-11,13,28H,12H2,(H2,23,30). The van der Waals surface area contributed by atoms with E-state index in [2.05, 4.69) is 15.0 Å². The van der Waals surface area contributed by atoms with Gasteiger partial charge in [-0.3, -0.25) is 9.59 Å². The summed E-state index contributed by atoms with van der Waals surface area (Å²) in [5.74, 6) is -0.0645. The van der Waals surface area contributed by atoms with Crippen molar-refractivity contribution in [1.82, 2.24) is 19.5 Å². The molecule has 2 heterocycles. The Morgan fingerprint density at radius 2 is 1.70 bits per heavy atom. The van der Waals surface area contributed by atoms with Gasteiger partial charge in [0.1, 0.15) is 0 Å². The maximum atomic E-state index is 12.3. The quantitative estimate of drug-likeness (QED) is 0.530. The molecule has 4 rings (SSSR count). The van der Waals surface area contributed by atoms with E-state index in [-0.39, 0.29) is 11.3 Å². The number of carbonyl (C=O) groups excluding carboxylic acids is 1. The molecule has 4 aromatic rings. The van der Waals surface area contributed by atoms with Crippen LogP contribution in [0.3, 0.4) is 0 Å². The zero-order valence-electron chi connectivity index (χ0n) is 15.8. The maximum Gasteiger partial charge on any atom is 0.269 e. The third kappa shape index (κ3) is 4.07. The van der Waals surface area contributed by atoms with E-state index in [4.69, 9.17) is 5.73 Å². The Labute approximate surface area is 171 Å². The second-order valence-corrected chi connectivity index (χ2v) is 6.65. The van der Waals surface area contributed by atoms with Crippen molar-refractivity contribution in [2.24, 2.45) is 5.73 Å². The van der Waals surface area contributed by atoms with Gasteiger partial charge in [0.25, 0.3) is 5.56 Å². The normalized spacial score (nSPS) is 10.7. The smallest absolute Gasteiger partial charge is 0.269 e. The van der Waals surface area contributed by atoms with Crippen LogP contribution < -0.4 is 11.3 Å². The molecule has 0 atom stereocenters. The predicted molar refractivity (Wildman–Crippen MR) is 111 cm³/mol. The van der Waals surface area contributed by atoms with Crippen LogP contribution in [0, 0.1) is 0 Å². The topological polar surface area (TPSA) is 124 Å². The first-order valence-corrected chi connectivity index (χ1v) is 9.06. The van der Waals surface area contributed by atoms with E-state index in [1.807, 2.05) is 24.3 Å². The molecule has 2 aromatic carbocycles. The number of nitrogens with two attached hydrogens (primary N) is 1. The molecule has 0 radical (unpaired) electrons. The molecule has 0 bridgehead atoms. The fraction of sp³-hybridized carbons (Fsp3) is 0.0455. The van der Waals surface area contributed by atoms with Gasteiger partial charge in [-0.2, -0.15) is 0 Å². The zero-order chi connectivity index (χ0) is 21.1. The summed E-state index contributed by atoms with van der Waals surface area (Å²) in [6, 6.07) is 14.3. The average molecular weight is 399 g/mol. The van der Waals surface area contributed by atoms with Crippen molar-refractivity contribution < 1.29 is 9.90 Å². The number of benzene rings is 2. The van der Waals surface area contributed by atoms with Gasteiger partial charge in [-0.05, 0) is 23.8 Å². The minimum absolute atomic E-state index is 0.00817.